The molecule has 0 unspecified atom stereocenters. The molecular weight excluding hydrogens is 530 g/mol. The minimum absolute atomic E-state index is 0.164. The lowest BCUT2D eigenvalue weighted by Crippen LogP contribution is -2.82. The molecule has 4 nitrogen and oxygen atoms in total. The summed E-state index contributed by atoms with van der Waals surface area (Å²) in [6.07, 6.45) is 8.53. The molecular formula is C39H54NO3+. The van der Waals surface area contributed by atoms with Gasteiger partial charge in [-0.2, -0.15) is 0 Å². The minimum Gasteiger partial charge on any atom is -0.494 e. The first-order valence-corrected chi connectivity index (χ1v) is 15.9. The number of nitrogens with two attached hydrogens (primary N) is 1. The number of carbonyl (C=O) groups is 1. The third-order valence-corrected chi connectivity index (χ3v) is 7.63. The maximum Gasteiger partial charge on any atom is 0.338 e. The highest BCUT2D eigenvalue weighted by atomic mass is 16.5. The van der Waals surface area contributed by atoms with E-state index in [0.717, 1.165) is 48.6 Å². The number of aryl methyl sites for hydroxylation is 2. The summed E-state index contributed by atoms with van der Waals surface area (Å²) >= 11 is 0. The molecule has 3 aromatic rings. The van der Waals surface area contributed by atoms with Gasteiger partial charge < -0.3 is 14.8 Å². The van der Waals surface area contributed by atoms with Crippen LogP contribution in [0, 0.1) is 13.8 Å². The van der Waals surface area contributed by atoms with Gasteiger partial charge >= 0.3 is 5.97 Å². The lowest BCUT2D eigenvalue weighted by Gasteiger charge is -2.26. The summed E-state index contributed by atoms with van der Waals surface area (Å²) in [5.41, 5.74) is 8.38. The van der Waals surface area contributed by atoms with E-state index in [9.17, 15) is 4.79 Å². The zero-order chi connectivity index (χ0) is 31.5. The molecule has 0 saturated heterocycles. The average Bonchev–Trinajstić information content (AvgIpc) is 2.93. The molecule has 43 heavy (non-hydrogen) atoms. The number of unbranched alkanes of at least 4 members (excludes halogenated alkanes) is 3. The third-order valence-electron chi connectivity index (χ3n) is 7.63. The summed E-state index contributed by atoms with van der Waals surface area (Å²) in [7, 11) is 0. The number of hydrogen-bond donors (Lipinski definition) is 1. The Morgan fingerprint density at radius 2 is 1.37 bits per heavy atom. The second-order valence-corrected chi connectivity index (χ2v) is 13.9. The summed E-state index contributed by atoms with van der Waals surface area (Å²) in [4.78, 5) is 12.3. The van der Waals surface area contributed by atoms with Crippen molar-refractivity contribution >= 4 is 12.0 Å². The Bertz CT molecular complexity index is 1290. The maximum atomic E-state index is 12.3. The van der Waals surface area contributed by atoms with Crippen molar-refractivity contribution in [2.75, 3.05) is 19.8 Å². The zero-order valence-corrected chi connectivity index (χ0v) is 27.9. The highest BCUT2D eigenvalue weighted by molar-refractivity contribution is 5.90. The van der Waals surface area contributed by atoms with E-state index in [1.165, 1.54) is 36.0 Å². The van der Waals surface area contributed by atoms with Crippen LogP contribution in [0.25, 0.3) is 6.08 Å². The number of hydrogen-bond acceptors (Lipinski definition) is 3. The molecule has 2 N–H and O–H groups in total. The van der Waals surface area contributed by atoms with E-state index in [4.69, 9.17) is 9.47 Å². The van der Waals surface area contributed by atoms with E-state index in [0.29, 0.717) is 5.56 Å². The number of rotatable bonds is 14. The lowest BCUT2D eigenvalue weighted by atomic mass is 9.79. The van der Waals surface area contributed by atoms with E-state index >= 15 is 0 Å². The van der Waals surface area contributed by atoms with Crippen molar-refractivity contribution in [3.05, 3.63) is 106 Å². The van der Waals surface area contributed by atoms with Gasteiger partial charge in [0.25, 0.3) is 0 Å². The fourth-order valence-electron chi connectivity index (χ4n) is 5.04. The monoisotopic (exact) mass is 584 g/mol. The summed E-state index contributed by atoms with van der Waals surface area (Å²) in [5, 5.41) is 2.45. The highest BCUT2D eigenvalue weighted by Gasteiger charge is 2.20. The molecule has 4 heteroatoms. The smallest absolute Gasteiger partial charge is 0.338 e. The first kappa shape index (κ1) is 34.1. The fraction of sp³-hybridized carbons (Fsp3) is 0.462. The first-order valence-electron chi connectivity index (χ1n) is 15.9. The Labute approximate surface area is 260 Å². The Morgan fingerprint density at radius 1 is 0.767 bits per heavy atom. The predicted molar refractivity (Wildman–Crippen MR) is 180 cm³/mol. The number of carbonyl (C=O) groups excluding carboxylic acids is 1. The van der Waals surface area contributed by atoms with Gasteiger partial charge in [-0.05, 0) is 110 Å². The number of quaternary nitrogens is 1. The molecule has 0 fully saturated rings. The second-order valence-electron chi connectivity index (χ2n) is 13.9. The molecule has 0 aliphatic rings. The van der Waals surface area contributed by atoms with Gasteiger partial charge in [0.1, 0.15) is 18.9 Å². The van der Waals surface area contributed by atoms with Gasteiger partial charge in [0.15, 0.2) is 0 Å². The topological polar surface area (TPSA) is 52.1 Å². The van der Waals surface area contributed by atoms with Gasteiger partial charge in [-0.15, -0.1) is 0 Å². The second kappa shape index (κ2) is 15.9. The van der Waals surface area contributed by atoms with Gasteiger partial charge in [-0.3, -0.25) is 0 Å². The Kier molecular flexibility index (Phi) is 12.6. The Hall–Kier alpha value is -3.37. The molecule has 3 rings (SSSR count). The third kappa shape index (κ3) is 12.0. The van der Waals surface area contributed by atoms with E-state index < -0.39 is 0 Å². The van der Waals surface area contributed by atoms with Crippen molar-refractivity contribution in [3.63, 3.8) is 0 Å². The normalized spacial score (nSPS) is 12.1. The molecule has 0 heterocycles. The molecule has 0 aliphatic heterocycles. The van der Waals surface area contributed by atoms with Gasteiger partial charge in [-0.25, -0.2) is 4.79 Å². The van der Waals surface area contributed by atoms with Gasteiger partial charge in [0.05, 0.1) is 18.7 Å². The quantitative estimate of drug-likeness (QED) is 0.153. The number of benzene rings is 3. The standard InChI is InChI=1S/C39H53NO3/c1-29-22-30(2)24-33(23-29)37(41)43-21-13-14-31-15-17-36(18-16-31)42-20-12-10-9-11-19-40-28-32-25-34(38(3,4)5)27-35(26-32)39(6,7)8/h13-18,22-27,40H,9-12,19-21,28H2,1-8H3/p+1/b14-13+. The summed E-state index contributed by atoms with van der Waals surface area (Å²) < 4.78 is 11.3. The van der Waals surface area contributed by atoms with Crippen LogP contribution in [-0.4, -0.2) is 25.7 Å². The molecule has 3 aromatic carbocycles. The number of ether oxygens (including phenoxy) is 2. The van der Waals surface area contributed by atoms with Crippen LogP contribution in [0.1, 0.15) is 111 Å². The van der Waals surface area contributed by atoms with Crippen molar-refractivity contribution in [3.8, 4) is 5.75 Å². The molecule has 0 bridgehead atoms. The van der Waals surface area contributed by atoms with Crippen molar-refractivity contribution in [2.45, 2.75) is 98.4 Å². The van der Waals surface area contributed by atoms with Gasteiger partial charge in [0.2, 0.25) is 0 Å². The Balaban J connectivity index is 1.28. The van der Waals surface area contributed by atoms with E-state index in [-0.39, 0.29) is 23.4 Å². The molecule has 0 atom stereocenters. The van der Waals surface area contributed by atoms with Crippen molar-refractivity contribution in [2.24, 2.45) is 0 Å². The average molecular weight is 585 g/mol. The van der Waals surface area contributed by atoms with Gasteiger partial charge in [0, 0.05) is 5.56 Å². The van der Waals surface area contributed by atoms with E-state index in [1.807, 2.05) is 68.5 Å². The fourth-order valence-corrected chi connectivity index (χ4v) is 5.04. The van der Waals surface area contributed by atoms with Crippen molar-refractivity contribution in [1.29, 1.82) is 0 Å². The largest absolute Gasteiger partial charge is 0.494 e. The van der Waals surface area contributed by atoms with Crippen LogP contribution in [0.15, 0.2) is 66.7 Å². The van der Waals surface area contributed by atoms with Crippen LogP contribution >= 0.6 is 0 Å². The zero-order valence-electron chi connectivity index (χ0n) is 27.9. The Morgan fingerprint density at radius 3 is 1.98 bits per heavy atom. The van der Waals surface area contributed by atoms with E-state index in [1.54, 1.807) is 0 Å². The summed E-state index contributed by atoms with van der Waals surface area (Å²) in [6, 6.07) is 21.0. The molecule has 0 saturated carbocycles. The molecule has 0 amide bonds. The molecule has 232 valence electrons. The predicted octanol–water partition coefficient (Wildman–Crippen LogP) is 8.47. The minimum atomic E-state index is -0.296. The summed E-state index contributed by atoms with van der Waals surface area (Å²) in [5.74, 6) is 0.591. The molecule has 0 aromatic heterocycles. The van der Waals surface area contributed by atoms with Crippen LogP contribution < -0.4 is 10.1 Å². The van der Waals surface area contributed by atoms with Crippen molar-refractivity contribution in [1.82, 2.24) is 0 Å². The molecule has 0 spiro atoms. The van der Waals surface area contributed by atoms with Crippen LogP contribution in [0.2, 0.25) is 0 Å². The maximum absolute atomic E-state index is 12.3. The molecule has 0 aliphatic carbocycles. The van der Waals surface area contributed by atoms with Crippen molar-refractivity contribution < 1.29 is 19.6 Å². The van der Waals surface area contributed by atoms with Crippen LogP contribution in [-0.2, 0) is 22.1 Å². The van der Waals surface area contributed by atoms with Crippen LogP contribution in [0.3, 0.4) is 0 Å². The summed E-state index contributed by atoms with van der Waals surface area (Å²) in [6.45, 7) is 21.0. The van der Waals surface area contributed by atoms with Crippen LogP contribution in [0.4, 0.5) is 0 Å². The van der Waals surface area contributed by atoms with Gasteiger partial charge in [-0.1, -0.05) is 83.0 Å². The lowest BCUT2D eigenvalue weighted by molar-refractivity contribution is -0.671. The van der Waals surface area contributed by atoms with Crippen LogP contribution in [0.5, 0.6) is 5.75 Å². The molecule has 0 radical (unpaired) electrons. The first-order chi connectivity index (χ1) is 20.3. The van der Waals surface area contributed by atoms with E-state index in [2.05, 4.69) is 65.1 Å². The number of esters is 1. The SMILES string of the molecule is Cc1cc(C)cc(C(=O)OC/C=C/c2ccc(OCCCCCC[NH2+]Cc3cc(C(C)(C)C)cc(C(C)(C)C)c3)cc2)c1. The highest BCUT2D eigenvalue weighted by Crippen LogP contribution is 2.30.